The first-order valence-electron chi connectivity index (χ1n) is 8.30. The zero-order chi connectivity index (χ0) is 16.9. The monoisotopic (exact) mass is 380 g/mol. The van der Waals surface area contributed by atoms with Gasteiger partial charge in [-0.1, -0.05) is 59.9 Å². The summed E-state index contributed by atoms with van der Waals surface area (Å²) in [4.78, 5) is 9.88. The molecule has 1 aromatic carbocycles. The summed E-state index contributed by atoms with van der Waals surface area (Å²) >= 11 is 0. The van der Waals surface area contributed by atoms with E-state index in [-0.39, 0.29) is 32.7 Å². The average Bonchev–Trinajstić information content (AvgIpc) is 2.58. The molecule has 0 heterocycles. The fraction of sp³-hybridized carbons (Fsp3) is 0.550. The van der Waals surface area contributed by atoms with Gasteiger partial charge in [0.25, 0.3) is 0 Å². The first kappa shape index (κ1) is 29.9. The standard InChI is InChI=1S/C9H18.C7H5O.2C2H6.Y/c1-4-6-8-9(3)7-5-2;8-6-7-4-2-1-3-5-7;2*1-2;/h9H,2-8H2,1H3;1-5H;2*1-2H3;/q-2;-1;;;+3/t9-;;;;/m1..../s1. The van der Waals surface area contributed by atoms with Crippen LogP contribution in [0.5, 0.6) is 0 Å². The van der Waals surface area contributed by atoms with Crippen LogP contribution >= 0.6 is 0 Å². The van der Waals surface area contributed by atoms with Crippen LogP contribution in [0.4, 0.5) is 0 Å². The van der Waals surface area contributed by atoms with E-state index < -0.39 is 0 Å². The van der Waals surface area contributed by atoms with Crippen LogP contribution < -0.4 is 0 Å². The van der Waals surface area contributed by atoms with Gasteiger partial charge in [-0.05, 0) is 0 Å². The van der Waals surface area contributed by atoms with Crippen molar-refractivity contribution in [2.45, 2.75) is 66.7 Å². The third-order valence-electron chi connectivity index (χ3n) is 2.47. The van der Waals surface area contributed by atoms with Crippen LogP contribution in [0.15, 0.2) is 30.3 Å². The van der Waals surface area contributed by atoms with Crippen LogP contribution in [-0.2, 0) is 37.5 Å². The molecule has 22 heavy (non-hydrogen) atoms. The molecule has 1 aromatic rings. The third-order valence-corrected chi connectivity index (χ3v) is 2.47. The molecule has 0 aliphatic rings. The van der Waals surface area contributed by atoms with Crippen LogP contribution in [0.1, 0.15) is 72.3 Å². The van der Waals surface area contributed by atoms with E-state index in [0.717, 1.165) is 6.42 Å². The molecular weight excluding hydrogens is 345 g/mol. The molecule has 0 saturated heterocycles. The van der Waals surface area contributed by atoms with Crippen LogP contribution in [0.2, 0.25) is 0 Å². The molecule has 0 N–H and O–H groups in total. The Labute approximate surface area is 165 Å². The Morgan fingerprint density at radius 1 is 1.05 bits per heavy atom. The second-order valence-electron chi connectivity index (χ2n) is 4.12. The van der Waals surface area contributed by atoms with Gasteiger partial charge in [0.1, 0.15) is 0 Å². The minimum Gasteiger partial charge on any atom is -0.376 e. The average molecular weight is 380 g/mol. The number of hydrogen-bond donors (Lipinski definition) is 0. The first-order chi connectivity index (χ1) is 10.2. The van der Waals surface area contributed by atoms with Crippen molar-refractivity contribution in [2.75, 3.05) is 0 Å². The molecule has 0 radical (unpaired) electrons. The molecule has 1 rings (SSSR count). The Balaban J connectivity index is -0.000000116. The summed E-state index contributed by atoms with van der Waals surface area (Å²) in [6, 6.07) is 8.90. The van der Waals surface area contributed by atoms with Crippen molar-refractivity contribution in [1.82, 2.24) is 0 Å². The van der Waals surface area contributed by atoms with Crippen LogP contribution in [0.3, 0.4) is 0 Å². The smallest absolute Gasteiger partial charge is 0.376 e. The summed E-state index contributed by atoms with van der Waals surface area (Å²) in [5.74, 6) is 0.655. The molecule has 0 aliphatic heterocycles. The van der Waals surface area contributed by atoms with E-state index in [1.807, 2.05) is 33.8 Å². The van der Waals surface area contributed by atoms with Gasteiger partial charge in [-0.2, -0.15) is 30.0 Å². The molecule has 0 saturated carbocycles. The predicted molar refractivity (Wildman–Crippen MR) is 96.9 cm³/mol. The maximum Gasteiger partial charge on any atom is 3.00 e. The molecule has 0 amide bonds. The summed E-state index contributed by atoms with van der Waals surface area (Å²) in [6.45, 7) is 18.0. The Morgan fingerprint density at radius 3 is 1.86 bits per heavy atom. The second-order valence-corrected chi connectivity index (χ2v) is 4.12. The van der Waals surface area contributed by atoms with E-state index in [1.54, 1.807) is 30.6 Å². The molecule has 1 atom stereocenters. The maximum absolute atomic E-state index is 9.88. The molecular formula is C20H35OY. The summed E-state index contributed by atoms with van der Waals surface area (Å²) < 4.78 is 0. The molecule has 1 nitrogen and oxygen atoms in total. The van der Waals surface area contributed by atoms with E-state index in [0.29, 0.717) is 11.5 Å². The molecule has 0 spiro atoms. The second kappa shape index (κ2) is 29.1. The number of benzene rings is 1. The molecule has 0 unspecified atom stereocenters. The van der Waals surface area contributed by atoms with Gasteiger partial charge >= 0.3 is 32.7 Å². The van der Waals surface area contributed by atoms with Crippen LogP contribution in [0, 0.1) is 19.8 Å². The van der Waals surface area contributed by atoms with Crippen molar-refractivity contribution in [1.29, 1.82) is 0 Å². The van der Waals surface area contributed by atoms with Crippen molar-refractivity contribution in [3.63, 3.8) is 0 Å². The van der Waals surface area contributed by atoms with Crippen molar-refractivity contribution in [3.05, 3.63) is 49.7 Å². The summed E-state index contributed by atoms with van der Waals surface area (Å²) in [6.07, 6.45) is 7.92. The van der Waals surface area contributed by atoms with Crippen molar-refractivity contribution >= 4 is 6.29 Å². The fourth-order valence-electron chi connectivity index (χ4n) is 1.43. The zero-order valence-corrected chi connectivity index (χ0v) is 18.2. The Morgan fingerprint density at radius 2 is 1.55 bits per heavy atom. The van der Waals surface area contributed by atoms with Gasteiger partial charge in [0.15, 0.2) is 0 Å². The van der Waals surface area contributed by atoms with E-state index in [2.05, 4.69) is 20.8 Å². The van der Waals surface area contributed by atoms with E-state index in [4.69, 9.17) is 0 Å². The molecule has 0 aliphatic carbocycles. The normalized spacial score (nSPS) is 9.23. The van der Waals surface area contributed by atoms with Crippen LogP contribution in [-0.4, -0.2) is 6.29 Å². The number of rotatable bonds is 6. The molecule has 0 aromatic heterocycles. The number of hydrogen-bond acceptors (Lipinski definition) is 1. The van der Waals surface area contributed by atoms with Gasteiger partial charge in [0.05, 0.1) is 6.29 Å². The topological polar surface area (TPSA) is 17.1 Å². The summed E-state index contributed by atoms with van der Waals surface area (Å²) in [7, 11) is 0. The number of unbranched alkanes of at least 4 members (excludes halogenated alkanes) is 1. The molecule has 124 valence electrons. The van der Waals surface area contributed by atoms with E-state index >= 15 is 0 Å². The Bertz CT molecular complexity index is 272. The van der Waals surface area contributed by atoms with Crippen molar-refractivity contribution in [3.8, 4) is 0 Å². The zero-order valence-electron chi connectivity index (χ0n) is 15.4. The largest absolute Gasteiger partial charge is 3.00 e. The minimum atomic E-state index is 0. The first-order valence-corrected chi connectivity index (χ1v) is 8.30. The fourth-order valence-corrected chi connectivity index (χ4v) is 1.43. The third kappa shape index (κ3) is 25.0. The Hall–Kier alpha value is -0.00610. The van der Waals surface area contributed by atoms with Crippen molar-refractivity contribution in [2.24, 2.45) is 5.92 Å². The Kier molecular flexibility index (Phi) is 39.5. The van der Waals surface area contributed by atoms with Gasteiger partial charge in [0, 0.05) is 0 Å². The summed E-state index contributed by atoms with van der Waals surface area (Å²) in [5.41, 5.74) is 0.604. The number of carbonyl (C=O) groups excluding carboxylic acids is 1. The predicted octanol–water partition coefficient (Wildman–Crippen LogP) is 6.44. The SMILES string of the molecule is CC.CC.O=[C-]c1ccccc1.[CH2-]CC[C@@H]([CH2-])CCCC.[Y+3]. The van der Waals surface area contributed by atoms with E-state index in [1.165, 1.54) is 25.7 Å². The van der Waals surface area contributed by atoms with Gasteiger partial charge in [-0.25, -0.2) is 0 Å². The summed E-state index contributed by atoms with van der Waals surface area (Å²) in [5, 5.41) is 0. The molecule has 0 fully saturated rings. The van der Waals surface area contributed by atoms with Gasteiger partial charge in [-0.3, -0.25) is 0 Å². The van der Waals surface area contributed by atoms with Gasteiger partial charge < -0.3 is 18.6 Å². The maximum atomic E-state index is 9.88. The van der Waals surface area contributed by atoms with Crippen LogP contribution in [0.25, 0.3) is 0 Å². The molecule has 0 bridgehead atoms. The molecule has 2 heteroatoms. The van der Waals surface area contributed by atoms with Crippen molar-refractivity contribution < 1.29 is 37.5 Å². The van der Waals surface area contributed by atoms with Gasteiger partial charge in [-0.15, -0.1) is 18.6 Å². The quantitative estimate of drug-likeness (QED) is 0.519. The van der Waals surface area contributed by atoms with E-state index in [9.17, 15) is 4.79 Å². The van der Waals surface area contributed by atoms with Gasteiger partial charge in [0.2, 0.25) is 0 Å². The minimum absolute atomic E-state index is 0.